The molecule has 5 nitrogen and oxygen atoms in total. The maximum Gasteiger partial charge on any atom is 0.326 e. The van der Waals surface area contributed by atoms with Crippen molar-refractivity contribution in [1.82, 2.24) is 4.57 Å². The highest BCUT2D eigenvalue weighted by atomic mass is 35.5. The highest BCUT2D eigenvalue weighted by Gasteiger charge is 2.16. The quantitative estimate of drug-likeness (QED) is 0.281. The van der Waals surface area contributed by atoms with Gasteiger partial charge < -0.3 is 9.30 Å². The normalized spacial score (nSPS) is 11.8. The first-order chi connectivity index (χ1) is 15.0. The van der Waals surface area contributed by atoms with E-state index in [9.17, 15) is 9.59 Å². The Morgan fingerprint density at radius 3 is 2.61 bits per heavy atom. The Hall–Kier alpha value is -1.80. The van der Waals surface area contributed by atoms with Crippen molar-refractivity contribution in [2.75, 3.05) is 12.4 Å². The van der Waals surface area contributed by atoms with E-state index < -0.39 is 5.97 Å². The molecule has 2 aromatic carbocycles. The first-order valence-electron chi connectivity index (χ1n) is 9.81. The standard InChI is InChI=1S/C22H22Cl2N2O3S2/c1-2-29-19(28)13-26-20-16(23)10-11-17(24)21(20)31-22(26)25-18(27)9-6-12-30-14-15-7-4-3-5-8-15/h3-5,7-8,10-11H,2,6,9,12-14H2,1H3. The van der Waals surface area contributed by atoms with Crippen LogP contribution >= 0.6 is 46.3 Å². The van der Waals surface area contributed by atoms with Gasteiger partial charge in [0, 0.05) is 12.2 Å². The predicted octanol–water partition coefficient (Wildman–Crippen LogP) is 5.71. The monoisotopic (exact) mass is 496 g/mol. The number of ether oxygens (including phenoxy) is 1. The molecule has 0 radical (unpaired) electrons. The van der Waals surface area contributed by atoms with Crippen LogP contribution in [0.4, 0.5) is 0 Å². The van der Waals surface area contributed by atoms with Crippen molar-refractivity contribution in [2.24, 2.45) is 4.99 Å². The number of nitrogens with zero attached hydrogens (tertiary/aromatic N) is 2. The molecular weight excluding hydrogens is 475 g/mol. The van der Waals surface area contributed by atoms with Gasteiger partial charge in [0.25, 0.3) is 0 Å². The molecule has 0 saturated carbocycles. The molecule has 0 unspecified atom stereocenters. The summed E-state index contributed by atoms with van der Waals surface area (Å²) in [5.74, 6) is 1.11. The zero-order valence-corrected chi connectivity index (χ0v) is 20.1. The molecule has 164 valence electrons. The van der Waals surface area contributed by atoms with E-state index >= 15 is 0 Å². The van der Waals surface area contributed by atoms with Gasteiger partial charge in [0.2, 0.25) is 5.91 Å². The Labute approximate surface area is 199 Å². The van der Waals surface area contributed by atoms with Crippen molar-refractivity contribution >= 4 is 68.4 Å². The molecule has 0 saturated heterocycles. The summed E-state index contributed by atoms with van der Waals surface area (Å²) in [5.41, 5.74) is 1.85. The van der Waals surface area contributed by atoms with Crippen LogP contribution in [0.25, 0.3) is 10.2 Å². The summed E-state index contributed by atoms with van der Waals surface area (Å²) in [5, 5.41) is 0.930. The maximum absolute atomic E-state index is 12.5. The van der Waals surface area contributed by atoms with Crippen molar-refractivity contribution in [2.45, 2.75) is 32.1 Å². The molecule has 0 bridgehead atoms. The van der Waals surface area contributed by atoms with Gasteiger partial charge in [0.15, 0.2) is 4.80 Å². The summed E-state index contributed by atoms with van der Waals surface area (Å²) in [6.07, 6.45) is 1.06. The topological polar surface area (TPSA) is 60.7 Å². The predicted molar refractivity (Wildman–Crippen MR) is 129 cm³/mol. The zero-order chi connectivity index (χ0) is 22.2. The van der Waals surface area contributed by atoms with Crippen LogP contribution in [0.1, 0.15) is 25.3 Å². The fourth-order valence-electron chi connectivity index (χ4n) is 2.93. The molecule has 0 fully saturated rings. The average molecular weight is 497 g/mol. The van der Waals surface area contributed by atoms with Gasteiger partial charge in [-0.3, -0.25) is 9.59 Å². The van der Waals surface area contributed by atoms with Gasteiger partial charge in [-0.05, 0) is 36.8 Å². The van der Waals surface area contributed by atoms with E-state index in [0.29, 0.717) is 31.5 Å². The third-order valence-electron chi connectivity index (χ3n) is 4.33. The van der Waals surface area contributed by atoms with Gasteiger partial charge in [0.05, 0.1) is 26.9 Å². The number of hydrogen-bond donors (Lipinski definition) is 0. The summed E-state index contributed by atoms with van der Waals surface area (Å²) in [4.78, 5) is 29.2. The zero-order valence-electron chi connectivity index (χ0n) is 17.0. The van der Waals surface area contributed by atoms with Crippen molar-refractivity contribution in [3.05, 3.63) is 62.9 Å². The van der Waals surface area contributed by atoms with Gasteiger partial charge in [-0.1, -0.05) is 64.9 Å². The summed E-state index contributed by atoms with van der Waals surface area (Å²) >= 11 is 15.7. The Morgan fingerprint density at radius 1 is 1.13 bits per heavy atom. The summed E-state index contributed by atoms with van der Waals surface area (Å²) in [6, 6.07) is 13.6. The van der Waals surface area contributed by atoms with Crippen molar-refractivity contribution < 1.29 is 14.3 Å². The highest BCUT2D eigenvalue weighted by Crippen LogP contribution is 2.32. The molecule has 0 aliphatic carbocycles. The third kappa shape index (κ3) is 6.59. The van der Waals surface area contributed by atoms with Crippen LogP contribution in [0.2, 0.25) is 10.0 Å². The molecule has 9 heteroatoms. The van der Waals surface area contributed by atoms with E-state index in [4.69, 9.17) is 27.9 Å². The van der Waals surface area contributed by atoms with Crippen LogP contribution < -0.4 is 4.80 Å². The Balaban J connectivity index is 1.72. The summed E-state index contributed by atoms with van der Waals surface area (Å²) in [6.45, 7) is 1.91. The second-order valence-corrected chi connectivity index (χ2v) is 9.53. The molecule has 1 heterocycles. The number of thiazole rings is 1. The van der Waals surface area contributed by atoms with Crippen molar-refractivity contribution in [3.63, 3.8) is 0 Å². The lowest BCUT2D eigenvalue weighted by Crippen LogP contribution is -2.23. The molecule has 1 amide bonds. The van der Waals surface area contributed by atoms with Crippen LogP contribution in [-0.4, -0.2) is 28.8 Å². The second-order valence-electron chi connectivity index (χ2n) is 6.63. The molecule has 0 aliphatic heterocycles. The Bertz CT molecular complexity index is 1130. The Kier molecular flexibility index (Phi) is 9.02. The number of benzene rings is 2. The van der Waals surface area contributed by atoms with E-state index in [1.807, 2.05) is 18.2 Å². The molecule has 3 aromatic rings. The number of thioether (sulfide) groups is 1. The summed E-state index contributed by atoms with van der Waals surface area (Å²) < 4.78 is 7.35. The van der Waals surface area contributed by atoms with Gasteiger partial charge >= 0.3 is 5.97 Å². The number of fused-ring (bicyclic) bond motifs is 1. The second kappa shape index (κ2) is 11.7. The molecule has 1 aromatic heterocycles. The number of halogens is 2. The van der Waals surface area contributed by atoms with Crippen LogP contribution in [0.5, 0.6) is 0 Å². The number of carbonyl (C=O) groups is 2. The number of aromatic nitrogens is 1. The lowest BCUT2D eigenvalue weighted by molar-refractivity contribution is -0.143. The SMILES string of the molecule is CCOC(=O)Cn1c(=NC(=O)CCCSCc2ccccc2)sc2c(Cl)ccc(Cl)c21. The van der Waals surface area contributed by atoms with E-state index in [1.54, 1.807) is 35.4 Å². The van der Waals surface area contributed by atoms with E-state index in [1.165, 1.54) is 16.9 Å². The smallest absolute Gasteiger partial charge is 0.326 e. The van der Waals surface area contributed by atoms with Crippen molar-refractivity contribution in [1.29, 1.82) is 0 Å². The minimum atomic E-state index is -0.426. The van der Waals surface area contributed by atoms with Gasteiger partial charge in [0.1, 0.15) is 6.54 Å². The fourth-order valence-corrected chi connectivity index (χ4v) is 5.51. The number of esters is 1. The molecule has 31 heavy (non-hydrogen) atoms. The molecule has 0 spiro atoms. The average Bonchev–Trinajstić information content (AvgIpc) is 3.10. The van der Waals surface area contributed by atoms with Gasteiger partial charge in [-0.25, -0.2) is 0 Å². The molecule has 0 N–H and O–H groups in total. The largest absolute Gasteiger partial charge is 0.465 e. The Morgan fingerprint density at radius 2 is 1.87 bits per heavy atom. The summed E-state index contributed by atoms with van der Waals surface area (Å²) in [7, 11) is 0. The van der Waals surface area contributed by atoms with E-state index in [0.717, 1.165) is 17.9 Å². The maximum atomic E-state index is 12.5. The minimum absolute atomic E-state index is 0.0903. The van der Waals surface area contributed by atoms with Gasteiger partial charge in [-0.15, -0.1) is 0 Å². The van der Waals surface area contributed by atoms with E-state index in [2.05, 4.69) is 17.1 Å². The van der Waals surface area contributed by atoms with Crippen LogP contribution in [-0.2, 0) is 26.6 Å². The first-order valence-corrected chi connectivity index (χ1v) is 12.5. The first kappa shape index (κ1) is 23.9. The van der Waals surface area contributed by atoms with Crippen LogP contribution in [0.15, 0.2) is 47.5 Å². The van der Waals surface area contributed by atoms with Crippen molar-refractivity contribution in [3.8, 4) is 0 Å². The number of carbonyl (C=O) groups excluding carboxylic acids is 2. The lowest BCUT2D eigenvalue weighted by Gasteiger charge is -2.06. The third-order valence-corrected chi connectivity index (χ3v) is 7.29. The fraction of sp³-hybridized carbons (Fsp3) is 0.318. The number of hydrogen-bond acceptors (Lipinski definition) is 5. The van der Waals surface area contributed by atoms with Crippen LogP contribution in [0, 0.1) is 0 Å². The minimum Gasteiger partial charge on any atom is -0.465 e. The van der Waals surface area contributed by atoms with Gasteiger partial charge in [-0.2, -0.15) is 16.8 Å². The molecule has 0 atom stereocenters. The lowest BCUT2D eigenvalue weighted by atomic mass is 10.2. The molecular formula is C22H22Cl2N2O3S2. The van der Waals surface area contributed by atoms with Crippen LogP contribution in [0.3, 0.4) is 0 Å². The molecule has 0 aliphatic rings. The number of rotatable bonds is 9. The molecule has 3 rings (SSSR count). The number of amides is 1. The van der Waals surface area contributed by atoms with E-state index in [-0.39, 0.29) is 19.1 Å². The highest BCUT2D eigenvalue weighted by molar-refractivity contribution is 7.98.